The maximum absolute atomic E-state index is 12.4. The first kappa shape index (κ1) is 17.2. The molecule has 3 nitrogen and oxygen atoms in total. The zero-order valence-electron chi connectivity index (χ0n) is 14.6. The van der Waals surface area contributed by atoms with Crippen LogP contribution in [-0.2, 0) is 17.6 Å². The molecule has 0 unspecified atom stereocenters. The first-order valence-electron chi connectivity index (χ1n) is 9.67. The molecule has 0 saturated heterocycles. The molecule has 1 aromatic rings. The fourth-order valence-electron chi connectivity index (χ4n) is 4.02. The molecule has 1 saturated carbocycles. The number of rotatable bonds is 5. The average Bonchev–Trinajstić information content (AvgIpc) is 3.02. The number of amides is 1. The van der Waals surface area contributed by atoms with Gasteiger partial charge in [0.2, 0.25) is 5.91 Å². The van der Waals surface area contributed by atoms with Crippen molar-refractivity contribution in [3.8, 4) is 0 Å². The van der Waals surface area contributed by atoms with Gasteiger partial charge in [-0.05, 0) is 49.3 Å². The molecule has 0 bridgehead atoms. The molecule has 2 aliphatic rings. The summed E-state index contributed by atoms with van der Waals surface area (Å²) in [5.41, 5.74) is 3.47. The van der Waals surface area contributed by atoms with Crippen LogP contribution >= 0.6 is 0 Å². The summed E-state index contributed by atoms with van der Waals surface area (Å²) in [6.07, 6.45) is 12.5. The molecule has 3 rings (SSSR count). The highest BCUT2D eigenvalue weighted by Gasteiger charge is 2.17. The summed E-state index contributed by atoms with van der Waals surface area (Å²) in [6.45, 7) is 0. The molecule has 0 heterocycles. The first-order valence-corrected chi connectivity index (χ1v) is 9.67. The molecule has 0 aromatic heterocycles. The van der Waals surface area contributed by atoms with E-state index in [4.69, 9.17) is 0 Å². The Hall–Kier alpha value is -1.64. The van der Waals surface area contributed by atoms with Crippen molar-refractivity contribution in [3.63, 3.8) is 0 Å². The Morgan fingerprint density at radius 1 is 0.875 bits per heavy atom. The number of carbonyl (C=O) groups is 2. The fraction of sp³-hybridized carbons (Fsp3) is 0.619. The number of benzene rings is 1. The quantitative estimate of drug-likeness (QED) is 0.816. The van der Waals surface area contributed by atoms with Crippen LogP contribution in [0.5, 0.6) is 0 Å². The molecule has 3 heteroatoms. The second-order valence-electron chi connectivity index (χ2n) is 7.37. The Labute approximate surface area is 145 Å². The van der Waals surface area contributed by atoms with Gasteiger partial charge in [0, 0.05) is 24.4 Å². The van der Waals surface area contributed by atoms with E-state index in [9.17, 15) is 9.59 Å². The van der Waals surface area contributed by atoms with Crippen LogP contribution in [0.4, 0.5) is 0 Å². The SMILES string of the molecule is O=C(CCC(=O)c1ccc2c(c1)CCC2)NC1CCCCCCC1. The third kappa shape index (κ3) is 4.68. The number of hydrogen-bond donors (Lipinski definition) is 1. The van der Waals surface area contributed by atoms with Crippen molar-refractivity contribution < 1.29 is 9.59 Å². The molecular formula is C21H29NO2. The molecule has 0 spiro atoms. The Morgan fingerprint density at radius 2 is 1.58 bits per heavy atom. The van der Waals surface area contributed by atoms with Crippen LogP contribution in [0.15, 0.2) is 18.2 Å². The average molecular weight is 327 g/mol. The van der Waals surface area contributed by atoms with Gasteiger partial charge in [-0.3, -0.25) is 9.59 Å². The molecule has 2 aliphatic carbocycles. The van der Waals surface area contributed by atoms with Gasteiger partial charge in [-0.15, -0.1) is 0 Å². The number of nitrogens with one attached hydrogen (secondary N) is 1. The van der Waals surface area contributed by atoms with E-state index < -0.39 is 0 Å². The highest BCUT2D eigenvalue weighted by atomic mass is 16.2. The maximum atomic E-state index is 12.4. The van der Waals surface area contributed by atoms with E-state index in [1.807, 2.05) is 12.1 Å². The van der Waals surface area contributed by atoms with E-state index in [2.05, 4.69) is 11.4 Å². The highest BCUT2D eigenvalue weighted by Crippen LogP contribution is 2.23. The van der Waals surface area contributed by atoms with Crippen molar-refractivity contribution in [1.82, 2.24) is 5.32 Å². The number of hydrogen-bond acceptors (Lipinski definition) is 2. The summed E-state index contributed by atoms with van der Waals surface area (Å²) in [5.74, 6) is 0.132. The van der Waals surface area contributed by atoms with Gasteiger partial charge < -0.3 is 5.32 Å². The number of fused-ring (bicyclic) bond motifs is 1. The summed E-state index contributed by atoms with van der Waals surface area (Å²) in [7, 11) is 0. The summed E-state index contributed by atoms with van der Waals surface area (Å²) in [6, 6.07) is 6.37. The van der Waals surface area contributed by atoms with Gasteiger partial charge in [0.15, 0.2) is 5.78 Å². The molecule has 0 radical (unpaired) electrons. The third-order valence-electron chi connectivity index (χ3n) is 5.47. The lowest BCUT2D eigenvalue weighted by Crippen LogP contribution is -2.35. The highest BCUT2D eigenvalue weighted by molar-refractivity contribution is 5.98. The minimum atomic E-state index is 0.0371. The second kappa shape index (κ2) is 8.46. The Morgan fingerprint density at radius 3 is 2.38 bits per heavy atom. The van der Waals surface area contributed by atoms with Gasteiger partial charge in [0.1, 0.15) is 0 Å². The van der Waals surface area contributed by atoms with Crippen LogP contribution in [0.2, 0.25) is 0 Å². The van der Waals surface area contributed by atoms with E-state index >= 15 is 0 Å². The van der Waals surface area contributed by atoms with Crippen LogP contribution in [-0.4, -0.2) is 17.7 Å². The smallest absolute Gasteiger partial charge is 0.220 e. The van der Waals surface area contributed by atoms with Crippen molar-refractivity contribution in [2.24, 2.45) is 0 Å². The predicted octanol–water partition coefficient (Wildman–Crippen LogP) is 4.37. The maximum Gasteiger partial charge on any atom is 0.220 e. The molecule has 1 amide bonds. The predicted molar refractivity (Wildman–Crippen MR) is 96.3 cm³/mol. The fourth-order valence-corrected chi connectivity index (χ4v) is 4.02. The molecule has 1 fully saturated rings. The molecular weight excluding hydrogens is 298 g/mol. The summed E-state index contributed by atoms with van der Waals surface area (Å²) < 4.78 is 0. The minimum absolute atomic E-state index is 0.0371. The van der Waals surface area contributed by atoms with Crippen molar-refractivity contribution in [2.75, 3.05) is 0 Å². The van der Waals surface area contributed by atoms with Gasteiger partial charge in [-0.25, -0.2) is 0 Å². The van der Waals surface area contributed by atoms with Crippen LogP contribution < -0.4 is 5.32 Å². The van der Waals surface area contributed by atoms with Gasteiger partial charge in [-0.1, -0.05) is 44.2 Å². The lowest BCUT2D eigenvalue weighted by Gasteiger charge is -2.21. The Balaban J connectivity index is 1.46. The van der Waals surface area contributed by atoms with Crippen molar-refractivity contribution in [1.29, 1.82) is 0 Å². The molecule has 0 atom stereocenters. The molecule has 24 heavy (non-hydrogen) atoms. The van der Waals surface area contributed by atoms with E-state index in [0.717, 1.165) is 31.2 Å². The standard InChI is InChI=1S/C21H29NO2/c23-20(18-12-11-16-7-6-8-17(16)15-18)13-14-21(24)22-19-9-4-2-1-3-5-10-19/h11-12,15,19H,1-10,13-14H2,(H,22,24). The molecule has 130 valence electrons. The molecule has 1 N–H and O–H groups in total. The van der Waals surface area contributed by atoms with E-state index in [0.29, 0.717) is 18.9 Å². The van der Waals surface area contributed by atoms with E-state index in [-0.39, 0.29) is 11.7 Å². The van der Waals surface area contributed by atoms with Gasteiger partial charge in [0.25, 0.3) is 0 Å². The minimum Gasteiger partial charge on any atom is -0.353 e. The van der Waals surface area contributed by atoms with Gasteiger partial charge >= 0.3 is 0 Å². The number of Topliss-reactive ketones (excluding diaryl/α,β-unsaturated/α-hetero) is 1. The van der Waals surface area contributed by atoms with Crippen LogP contribution in [0.25, 0.3) is 0 Å². The van der Waals surface area contributed by atoms with Gasteiger partial charge in [0.05, 0.1) is 0 Å². The van der Waals surface area contributed by atoms with Crippen LogP contribution in [0.3, 0.4) is 0 Å². The largest absolute Gasteiger partial charge is 0.353 e. The Bertz CT molecular complexity index is 586. The van der Waals surface area contributed by atoms with Gasteiger partial charge in [-0.2, -0.15) is 0 Å². The van der Waals surface area contributed by atoms with E-state index in [1.165, 1.54) is 49.7 Å². The normalized spacial score (nSPS) is 18.5. The van der Waals surface area contributed by atoms with Crippen LogP contribution in [0.1, 0.15) is 85.7 Å². The monoisotopic (exact) mass is 327 g/mol. The number of aryl methyl sites for hydroxylation is 2. The number of ketones is 1. The third-order valence-corrected chi connectivity index (χ3v) is 5.47. The Kier molecular flexibility index (Phi) is 6.06. The second-order valence-corrected chi connectivity index (χ2v) is 7.37. The van der Waals surface area contributed by atoms with E-state index in [1.54, 1.807) is 0 Å². The van der Waals surface area contributed by atoms with Crippen LogP contribution in [0, 0.1) is 0 Å². The zero-order chi connectivity index (χ0) is 16.8. The summed E-state index contributed by atoms with van der Waals surface area (Å²) in [5, 5.41) is 3.14. The van der Waals surface area contributed by atoms with Crippen molar-refractivity contribution in [3.05, 3.63) is 34.9 Å². The summed E-state index contributed by atoms with van der Waals surface area (Å²) >= 11 is 0. The summed E-state index contributed by atoms with van der Waals surface area (Å²) in [4.78, 5) is 24.5. The lowest BCUT2D eigenvalue weighted by atomic mass is 9.96. The first-order chi connectivity index (χ1) is 11.7. The van der Waals surface area contributed by atoms with Crippen molar-refractivity contribution >= 4 is 11.7 Å². The zero-order valence-corrected chi connectivity index (χ0v) is 14.6. The van der Waals surface area contributed by atoms with Crippen molar-refractivity contribution in [2.45, 2.75) is 83.1 Å². The molecule has 1 aromatic carbocycles. The topological polar surface area (TPSA) is 46.2 Å². The number of carbonyl (C=O) groups excluding carboxylic acids is 2. The molecule has 0 aliphatic heterocycles. The lowest BCUT2D eigenvalue weighted by molar-refractivity contribution is -0.121.